The molecule has 214 valence electrons. The normalized spacial score (nSPS) is 14.8. The van der Waals surface area contributed by atoms with Crippen molar-refractivity contribution >= 4 is 60.1 Å². The van der Waals surface area contributed by atoms with Gasteiger partial charge in [-0.25, -0.2) is 0 Å². The maximum Gasteiger partial charge on any atom is 0.0588 e. The van der Waals surface area contributed by atoms with Crippen molar-refractivity contribution in [2.45, 2.75) is 32.1 Å². The van der Waals surface area contributed by atoms with E-state index in [4.69, 9.17) is 0 Å². The van der Waals surface area contributed by atoms with E-state index in [0.717, 1.165) is 12.8 Å². The lowest BCUT2D eigenvalue weighted by molar-refractivity contribution is 0.664. The third kappa shape index (κ3) is 3.43. The van der Waals surface area contributed by atoms with Crippen molar-refractivity contribution in [3.05, 3.63) is 143 Å². The van der Waals surface area contributed by atoms with E-state index in [-0.39, 0.29) is 5.41 Å². The summed E-state index contributed by atoms with van der Waals surface area (Å²) in [5.74, 6) is 0. The van der Waals surface area contributed by atoms with Crippen LogP contribution in [0.1, 0.15) is 41.8 Å². The van der Waals surface area contributed by atoms with Gasteiger partial charge in [-0.15, -0.1) is 11.3 Å². The summed E-state index contributed by atoms with van der Waals surface area (Å²) in [5.41, 5.74) is 13.2. The number of aromatic nitrogens is 1. The van der Waals surface area contributed by atoms with E-state index >= 15 is 0 Å². The van der Waals surface area contributed by atoms with Crippen molar-refractivity contribution in [3.63, 3.8) is 0 Å². The number of hydrogen-bond donors (Lipinski definition) is 0. The Morgan fingerprint density at radius 3 is 2.44 bits per heavy atom. The van der Waals surface area contributed by atoms with E-state index in [1.165, 1.54) is 92.2 Å². The molecule has 2 heteroatoms. The van der Waals surface area contributed by atoms with Crippen molar-refractivity contribution in [3.8, 4) is 27.9 Å². The average Bonchev–Trinajstić information content (AvgIpc) is 3.69. The molecule has 0 saturated carbocycles. The molecule has 2 aliphatic carbocycles. The van der Waals surface area contributed by atoms with E-state index in [1.807, 2.05) is 11.3 Å². The molecule has 2 aliphatic rings. The fourth-order valence-corrected chi connectivity index (χ4v) is 9.51. The molecule has 0 fully saturated rings. The van der Waals surface area contributed by atoms with Crippen LogP contribution in [-0.4, -0.2) is 4.57 Å². The van der Waals surface area contributed by atoms with Crippen LogP contribution < -0.4 is 0 Å². The molecule has 0 amide bonds. The van der Waals surface area contributed by atoms with Gasteiger partial charge in [-0.05, 0) is 99.0 Å². The zero-order valence-corrected chi connectivity index (χ0v) is 26.2. The predicted octanol–water partition coefficient (Wildman–Crippen LogP) is 12.1. The summed E-state index contributed by atoms with van der Waals surface area (Å²) in [6.07, 6.45) is 6.98. The molecular weight excluding hydrogens is 563 g/mol. The van der Waals surface area contributed by atoms with Crippen LogP contribution in [0.3, 0.4) is 0 Å². The van der Waals surface area contributed by atoms with Crippen LogP contribution in [0.4, 0.5) is 0 Å². The Bertz CT molecular complexity index is 2570. The van der Waals surface area contributed by atoms with Gasteiger partial charge in [0.2, 0.25) is 0 Å². The maximum absolute atomic E-state index is 2.54. The lowest BCUT2D eigenvalue weighted by Crippen LogP contribution is -2.16. The van der Waals surface area contributed by atoms with Crippen LogP contribution in [0.2, 0.25) is 0 Å². The van der Waals surface area contributed by atoms with Crippen LogP contribution in [0.15, 0.2) is 121 Å². The standard InChI is InChI=1S/C43H31NS/c1-43(2)36-16-8-5-15-32(36)40-33(28-20-22-39-34(24-28)31-14-7-10-18-38(31)45-39)25-35-30-13-6-9-17-37(30)44(42(35)41(40)43)29-21-19-26-11-3-4-12-27(26)23-29/h3-9,11-17,19-25H,10,18H2,1-2H3. The molecule has 2 aromatic heterocycles. The third-order valence-electron chi connectivity index (χ3n) is 10.4. The largest absolute Gasteiger partial charge is 0.309 e. The molecule has 0 spiro atoms. The molecule has 6 aromatic carbocycles. The molecule has 8 aromatic rings. The Morgan fingerprint density at radius 2 is 1.51 bits per heavy atom. The van der Waals surface area contributed by atoms with E-state index in [2.05, 4.69) is 146 Å². The van der Waals surface area contributed by atoms with Crippen LogP contribution in [0.5, 0.6) is 0 Å². The molecule has 10 rings (SSSR count). The minimum Gasteiger partial charge on any atom is -0.309 e. The van der Waals surface area contributed by atoms with Gasteiger partial charge in [0.05, 0.1) is 11.0 Å². The van der Waals surface area contributed by atoms with Gasteiger partial charge in [-0.3, -0.25) is 0 Å². The Balaban J connectivity index is 1.37. The van der Waals surface area contributed by atoms with Gasteiger partial charge >= 0.3 is 0 Å². The first-order valence-corrected chi connectivity index (χ1v) is 16.8. The smallest absolute Gasteiger partial charge is 0.0588 e. The zero-order valence-electron chi connectivity index (χ0n) is 25.4. The number of para-hydroxylation sites is 1. The van der Waals surface area contributed by atoms with Crippen molar-refractivity contribution < 1.29 is 0 Å². The second-order valence-electron chi connectivity index (χ2n) is 13.2. The van der Waals surface area contributed by atoms with Gasteiger partial charge in [-0.1, -0.05) is 105 Å². The number of thiophene rings is 1. The van der Waals surface area contributed by atoms with E-state index in [0.29, 0.717) is 0 Å². The van der Waals surface area contributed by atoms with Gasteiger partial charge in [0.15, 0.2) is 0 Å². The van der Waals surface area contributed by atoms with Gasteiger partial charge < -0.3 is 4.57 Å². The highest BCUT2D eigenvalue weighted by atomic mass is 32.1. The minimum absolute atomic E-state index is 0.169. The van der Waals surface area contributed by atoms with Crippen molar-refractivity contribution in [2.75, 3.05) is 0 Å². The molecule has 45 heavy (non-hydrogen) atoms. The topological polar surface area (TPSA) is 4.93 Å². The highest BCUT2D eigenvalue weighted by Crippen LogP contribution is 2.56. The first-order chi connectivity index (χ1) is 22.1. The molecule has 0 bridgehead atoms. The molecule has 0 atom stereocenters. The highest BCUT2D eigenvalue weighted by molar-refractivity contribution is 7.19. The molecule has 0 aliphatic heterocycles. The monoisotopic (exact) mass is 593 g/mol. The van der Waals surface area contributed by atoms with Crippen molar-refractivity contribution in [1.29, 1.82) is 0 Å². The summed E-state index contributed by atoms with van der Waals surface area (Å²) >= 11 is 1.97. The second-order valence-corrected chi connectivity index (χ2v) is 14.4. The van der Waals surface area contributed by atoms with E-state index in [9.17, 15) is 0 Å². The van der Waals surface area contributed by atoms with E-state index < -0.39 is 0 Å². The van der Waals surface area contributed by atoms with Crippen molar-refractivity contribution in [1.82, 2.24) is 4.57 Å². The second kappa shape index (κ2) is 9.06. The summed E-state index contributed by atoms with van der Waals surface area (Å²) in [4.78, 5) is 1.52. The van der Waals surface area contributed by atoms with Crippen LogP contribution in [0.25, 0.3) is 76.7 Å². The van der Waals surface area contributed by atoms with E-state index in [1.54, 1.807) is 0 Å². The van der Waals surface area contributed by atoms with Gasteiger partial charge in [0.1, 0.15) is 0 Å². The SMILES string of the molecule is CC1(C)c2ccccc2-c2c(-c3ccc4sc5c(c4c3)C=CCC5)cc3c4ccccc4n(-c4ccc5ccccc5c4)c3c21. The Kier molecular flexibility index (Phi) is 5.12. The van der Waals surface area contributed by atoms with Crippen LogP contribution >= 0.6 is 11.3 Å². The predicted molar refractivity (Wildman–Crippen MR) is 194 cm³/mol. The third-order valence-corrected chi connectivity index (χ3v) is 11.6. The Labute approximate surface area is 266 Å². The molecule has 0 N–H and O–H groups in total. The molecule has 1 nitrogen and oxygen atoms in total. The summed E-state index contributed by atoms with van der Waals surface area (Å²) in [7, 11) is 0. The Hall–Kier alpha value is -4.92. The minimum atomic E-state index is -0.169. The van der Waals surface area contributed by atoms with Gasteiger partial charge in [-0.2, -0.15) is 0 Å². The summed E-state index contributed by atoms with van der Waals surface area (Å²) in [6.45, 7) is 4.85. The first-order valence-electron chi connectivity index (χ1n) is 16.0. The Morgan fingerprint density at radius 1 is 0.689 bits per heavy atom. The van der Waals surface area contributed by atoms with Crippen molar-refractivity contribution in [2.24, 2.45) is 0 Å². The lowest BCUT2D eigenvalue weighted by Gasteiger charge is -2.24. The first kappa shape index (κ1) is 25.4. The number of aryl methyl sites for hydroxylation is 1. The molecule has 0 unspecified atom stereocenters. The number of hydrogen-bond acceptors (Lipinski definition) is 1. The number of fused-ring (bicyclic) bond motifs is 11. The number of benzene rings is 6. The molecular formula is C43H31NS. The highest BCUT2D eigenvalue weighted by Gasteiger charge is 2.40. The maximum atomic E-state index is 2.54. The summed E-state index contributed by atoms with van der Waals surface area (Å²) in [6, 6.07) is 43.4. The van der Waals surface area contributed by atoms with Gasteiger partial charge in [0, 0.05) is 36.8 Å². The number of rotatable bonds is 2. The zero-order chi connectivity index (χ0) is 29.9. The van der Waals surface area contributed by atoms with Gasteiger partial charge in [0.25, 0.3) is 0 Å². The fourth-order valence-electron chi connectivity index (χ4n) is 8.33. The number of allylic oxidation sites excluding steroid dienone is 1. The molecule has 2 heterocycles. The summed E-state index contributed by atoms with van der Waals surface area (Å²) < 4.78 is 3.93. The summed E-state index contributed by atoms with van der Waals surface area (Å²) in [5, 5.41) is 6.54. The lowest BCUT2D eigenvalue weighted by atomic mass is 9.80. The number of nitrogens with zero attached hydrogens (tertiary/aromatic N) is 1. The fraction of sp³-hybridized carbons (Fsp3) is 0.116. The molecule has 0 saturated heterocycles. The quantitative estimate of drug-likeness (QED) is 0.188. The van der Waals surface area contributed by atoms with Crippen LogP contribution in [-0.2, 0) is 11.8 Å². The van der Waals surface area contributed by atoms with Crippen LogP contribution in [0, 0.1) is 0 Å². The average molecular weight is 594 g/mol. The molecule has 0 radical (unpaired) electrons.